The lowest BCUT2D eigenvalue weighted by Gasteiger charge is -2.30. The summed E-state index contributed by atoms with van der Waals surface area (Å²) in [7, 11) is 3.11. The fourth-order valence-corrected chi connectivity index (χ4v) is 4.07. The van der Waals surface area contributed by atoms with E-state index >= 15 is 0 Å². The van der Waals surface area contributed by atoms with E-state index in [1.54, 1.807) is 27.9 Å². The molecule has 1 heterocycles. The number of carbonyl (C=O) groups is 5. The number of thiol groups is 1. The van der Waals surface area contributed by atoms with E-state index < -0.39 is 40.1 Å². The van der Waals surface area contributed by atoms with Crippen molar-refractivity contribution in [2.24, 2.45) is 17.3 Å². The quantitative estimate of drug-likeness (QED) is 0.298. The van der Waals surface area contributed by atoms with E-state index in [2.05, 4.69) is 23.3 Å². The maximum atomic E-state index is 13.2. The summed E-state index contributed by atoms with van der Waals surface area (Å²) >= 11 is 4.37. The Labute approximate surface area is 209 Å². The van der Waals surface area contributed by atoms with E-state index in [9.17, 15) is 24.0 Å². The number of urea groups is 1. The van der Waals surface area contributed by atoms with Crippen molar-refractivity contribution in [3.8, 4) is 0 Å². The van der Waals surface area contributed by atoms with Crippen molar-refractivity contribution < 1.29 is 24.0 Å². The molecule has 0 spiro atoms. The van der Waals surface area contributed by atoms with Crippen LogP contribution in [0.25, 0.3) is 0 Å². The maximum Gasteiger partial charge on any atom is 0.327 e. The highest BCUT2D eigenvalue weighted by Crippen LogP contribution is 2.30. The van der Waals surface area contributed by atoms with Crippen LogP contribution in [0.2, 0.25) is 0 Å². The van der Waals surface area contributed by atoms with Gasteiger partial charge in [0.1, 0.15) is 5.54 Å². The van der Waals surface area contributed by atoms with Gasteiger partial charge in [0.2, 0.25) is 11.8 Å². The van der Waals surface area contributed by atoms with E-state index in [1.165, 1.54) is 4.90 Å². The molecule has 0 radical (unpaired) electrons. The third-order valence-electron chi connectivity index (χ3n) is 6.48. The van der Waals surface area contributed by atoms with Crippen LogP contribution in [0.4, 0.5) is 4.79 Å². The summed E-state index contributed by atoms with van der Waals surface area (Å²) in [6.45, 7) is 13.0. The number of amides is 5. The van der Waals surface area contributed by atoms with Crippen LogP contribution in [-0.4, -0.2) is 76.8 Å². The van der Waals surface area contributed by atoms with Crippen LogP contribution < -0.4 is 10.6 Å². The molecule has 0 saturated carbocycles. The minimum Gasteiger partial charge on any atom is -0.359 e. The number of hydrogen-bond donors (Lipinski definition) is 3. The molecule has 9 nitrogen and oxygen atoms in total. The number of nitrogens with zero attached hydrogens (tertiary/aromatic N) is 2. The molecule has 1 aliphatic rings. The van der Waals surface area contributed by atoms with Gasteiger partial charge < -0.3 is 15.5 Å². The lowest BCUT2D eigenvalue weighted by molar-refractivity contribution is -0.134. The number of hydrogen-bond acceptors (Lipinski definition) is 6. The van der Waals surface area contributed by atoms with E-state index in [0.717, 1.165) is 4.90 Å². The first-order valence-corrected chi connectivity index (χ1v) is 12.3. The normalized spacial score (nSPS) is 18.7. The Balaban J connectivity index is 2.86. The molecular weight excluding hydrogens is 456 g/mol. The molecule has 0 aromatic heterocycles. The molecule has 1 aliphatic heterocycles. The van der Waals surface area contributed by atoms with Crippen molar-refractivity contribution in [3.63, 3.8) is 0 Å². The standard InChI is InChI=1S/C24H42N4O5S/c1-14(2)12-16(17(29)13-15(19(30)25-8)23(3,4)5)26-20(31)18(34)10-11-28-21(32)24(6,7)27(9)22(28)33/h14-16,18,34H,10-13H2,1-9H3,(H,25,30)(H,26,31)/t15?,16-,18-/m0/s1. The smallest absolute Gasteiger partial charge is 0.327 e. The second-order valence-electron chi connectivity index (χ2n) is 11.1. The third kappa shape index (κ3) is 7.20. The third-order valence-corrected chi connectivity index (χ3v) is 6.97. The molecular formula is C24H42N4O5S. The van der Waals surface area contributed by atoms with E-state index in [1.807, 2.05) is 34.6 Å². The molecule has 1 fully saturated rings. The Morgan fingerprint density at radius 1 is 1.09 bits per heavy atom. The first-order chi connectivity index (χ1) is 15.4. The van der Waals surface area contributed by atoms with Gasteiger partial charge in [0.15, 0.2) is 5.78 Å². The highest BCUT2D eigenvalue weighted by Gasteiger charge is 2.49. The second-order valence-corrected chi connectivity index (χ2v) is 11.7. The molecule has 0 bridgehead atoms. The zero-order valence-corrected chi connectivity index (χ0v) is 22.9. The monoisotopic (exact) mass is 498 g/mol. The van der Waals surface area contributed by atoms with Gasteiger partial charge in [-0.2, -0.15) is 12.6 Å². The van der Waals surface area contributed by atoms with Crippen molar-refractivity contribution >= 4 is 42.2 Å². The minimum absolute atomic E-state index is 0.0102. The largest absolute Gasteiger partial charge is 0.359 e. The number of ketones is 1. The lowest BCUT2D eigenvalue weighted by atomic mass is 9.76. The molecule has 194 valence electrons. The van der Waals surface area contributed by atoms with E-state index in [0.29, 0.717) is 6.42 Å². The van der Waals surface area contributed by atoms with Gasteiger partial charge in [-0.05, 0) is 38.0 Å². The van der Waals surface area contributed by atoms with Crippen LogP contribution in [-0.2, 0) is 19.2 Å². The molecule has 0 aromatic carbocycles. The van der Waals surface area contributed by atoms with Gasteiger partial charge in [0, 0.05) is 33.0 Å². The van der Waals surface area contributed by atoms with Gasteiger partial charge in [0.05, 0.1) is 11.3 Å². The molecule has 1 rings (SSSR count). The number of Topliss-reactive ketones (excluding diaryl/α,β-unsaturated/α-hetero) is 1. The maximum absolute atomic E-state index is 13.2. The van der Waals surface area contributed by atoms with Gasteiger partial charge >= 0.3 is 6.03 Å². The van der Waals surface area contributed by atoms with Crippen LogP contribution >= 0.6 is 12.6 Å². The van der Waals surface area contributed by atoms with Crippen molar-refractivity contribution in [3.05, 3.63) is 0 Å². The molecule has 34 heavy (non-hydrogen) atoms. The summed E-state index contributed by atoms with van der Waals surface area (Å²) in [5, 5.41) is 4.60. The Morgan fingerprint density at radius 3 is 2.06 bits per heavy atom. The van der Waals surface area contributed by atoms with Crippen LogP contribution in [0.5, 0.6) is 0 Å². The van der Waals surface area contributed by atoms with Gasteiger partial charge in [0.25, 0.3) is 5.91 Å². The van der Waals surface area contributed by atoms with Gasteiger partial charge in [-0.15, -0.1) is 0 Å². The zero-order valence-electron chi connectivity index (χ0n) is 22.0. The summed E-state index contributed by atoms with van der Waals surface area (Å²) in [6, 6.07) is -1.16. The van der Waals surface area contributed by atoms with Crippen LogP contribution in [0, 0.1) is 17.3 Å². The highest BCUT2D eigenvalue weighted by atomic mass is 32.1. The van der Waals surface area contributed by atoms with Crippen molar-refractivity contribution in [1.29, 1.82) is 0 Å². The van der Waals surface area contributed by atoms with E-state index in [4.69, 9.17) is 0 Å². The Hall–Kier alpha value is -2.10. The Morgan fingerprint density at radius 2 is 1.65 bits per heavy atom. The van der Waals surface area contributed by atoms with Crippen LogP contribution in [0.15, 0.2) is 0 Å². The average Bonchev–Trinajstić information content (AvgIpc) is 2.87. The topological polar surface area (TPSA) is 116 Å². The predicted molar refractivity (Wildman–Crippen MR) is 134 cm³/mol. The van der Waals surface area contributed by atoms with E-state index in [-0.39, 0.29) is 42.9 Å². The number of likely N-dealkylation sites (N-methyl/N-ethyl adjacent to an activating group) is 1. The Kier molecular flexibility index (Phi) is 10.2. The zero-order chi connectivity index (χ0) is 26.6. The summed E-state index contributed by atoms with van der Waals surface area (Å²) < 4.78 is 0. The van der Waals surface area contributed by atoms with Crippen LogP contribution in [0.1, 0.15) is 67.7 Å². The number of imide groups is 1. The Bertz CT molecular complexity index is 806. The minimum atomic E-state index is -0.936. The fourth-order valence-electron chi connectivity index (χ4n) is 3.88. The second kappa shape index (κ2) is 11.6. The summed E-state index contributed by atoms with van der Waals surface area (Å²) in [6.07, 6.45) is 0.593. The molecule has 0 aromatic rings. The van der Waals surface area contributed by atoms with Crippen molar-refractivity contribution in [2.45, 2.75) is 84.6 Å². The molecule has 1 saturated heterocycles. The van der Waals surface area contributed by atoms with Crippen molar-refractivity contribution in [1.82, 2.24) is 20.4 Å². The lowest BCUT2D eigenvalue weighted by Crippen LogP contribution is -2.48. The predicted octanol–water partition coefficient (Wildman–Crippen LogP) is 2.25. The average molecular weight is 499 g/mol. The van der Waals surface area contributed by atoms with Gasteiger partial charge in [-0.3, -0.25) is 24.1 Å². The first-order valence-electron chi connectivity index (χ1n) is 11.8. The molecule has 1 unspecified atom stereocenters. The number of nitrogens with one attached hydrogen (secondary N) is 2. The van der Waals surface area contributed by atoms with Gasteiger partial charge in [-0.25, -0.2) is 4.79 Å². The summed E-state index contributed by atoms with van der Waals surface area (Å²) in [5.41, 5.74) is -1.36. The molecule has 5 amide bonds. The highest BCUT2D eigenvalue weighted by molar-refractivity contribution is 7.81. The van der Waals surface area contributed by atoms with Crippen molar-refractivity contribution in [2.75, 3.05) is 20.6 Å². The molecule has 10 heteroatoms. The number of carbonyl (C=O) groups excluding carboxylic acids is 5. The molecule has 0 aliphatic carbocycles. The summed E-state index contributed by atoms with van der Waals surface area (Å²) in [5.74, 6) is -1.58. The first kappa shape index (κ1) is 29.9. The molecule has 3 atom stereocenters. The summed E-state index contributed by atoms with van der Waals surface area (Å²) in [4.78, 5) is 65.8. The van der Waals surface area contributed by atoms with Crippen LogP contribution in [0.3, 0.4) is 0 Å². The number of rotatable bonds is 11. The fraction of sp³-hybridized carbons (Fsp3) is 0.792. The van der Waals surface area contributed by atoms with Gasteiger partial charge in [-0.1, -0.05) is 34.6 Å². The SMILES string of the molecule is CNC(=O)C(CC(=O)[C@H](CC(C)C)NC(=O)[C@@H](S)CCN1C(=O)N(C)C(C)(C)C1=O)C(C)(C)C. The molecule has 2 N–H and O–H groups in total.